The molecule has 4 heteroatoms. The third-order valence-electron chi connectivity index (χ3n) is 5.59. The Hall–Kier alpha value is -2.07. The number of benzene rings is 2. The van der Waals surface area contributed by atoms with Crippen molar-refractivity contribution in [3.63, 3.8) is 0 Å². The van der Waals surface area contributed by atoms with Gasteiger partial charge >= 0.3 is 0 Å². The van der Waals surface area contributed by atoms with Gasteiger partial charge in [0, 0.05) is 17.7 Å². The third kappa shape index (κ3) is 5.11. The van der Waals surface area contributed by atoms with E-state index in [0.29, 0.717) is 18.4 Å². The van der Waals surface area contributed by atoms with Crippen LogP contribution in [0.15, 0.2) is 47.1 Å². The first-order valence-electron chi connectivity index (χ1n) is 10.4. The molecule has 0 saturated heterocycles. The van der Waals surface area contributed by atoms with Crippen molar-refractivity contribution >= 4 is 23.1 Å². The summed E-state index contributed by atoms with van der Waals surface area (Å²) in [6, 6.07) is 10.7. The van der Waals surface area contributed by atoms with Crippen molar-refractivity contribution in [3.05, 3.63) is 70.2 Å². The van der Waals surface area contributed by atoms with Gasteiger partial charge in [0.2, 0.25) is 0 Å². The molecule has 2 nitrogen and oxygen atoms in total. The minimum atomic E-state index is -0.233. The van der Waals surface area contributed by atoms with E-state index in [9.17, 15) is 14.3 Å². The number of hydrogen-bond acceptors (Lipinski definition) is 3. The van der Waals surface area contributed by atoms with Crippen LogP contribution in [0.25, 0.3) is 5.57 Å². The molecule has 0 bridgehead atoms. The van der Waals surface area contributed by atoms with Crippen molar-refractivity contribution in [2.45, 2.75) is 57.8 Å². The Bertz CT molecular complexity index is 890. The van der Waals surface area contributed by atoms with Gasteiger partial charge in [-0.1, -0.05) is 31.5 Å². The summed E-state index contributed by atoms with van der Waals surface area (Å²) in [5.74, 6) is 1.06. The van der Waals surface area contributed by atoms with Crippen LogP contribution in [0.4, 0.5) is 4.39 Å². The van der Waals surface area contributed by atoms with Gasteiger partial charge in [0.1, 0.15) is 11.6 Å². The summed E-state index contributed by atoms with van der Waals surface area (Å²) in [6.07, 6.45) is 3.55. The van der Waals surface area contributed by atoms with Gasteiger partial charge in [-0.25, -0.2) is 4.39 Å². The van der Waals surface area contributed by atoms with Crippen LogP contribution >= 0.6 is 11.8 Å². The summed E-state index contributed by atoms with van der Waals surface area (Å²) < 4.78 is 13.0. The normalized spacial score (nSPS) is 17.1. The van der Waals surface area contributed by atoms with Crippen LogP contribution in [-0.4, -0.2) is 16.6 Å². The van der Waals surface area contributed by atoms with Gasteiger partial charge in [0.05, 0.1) is 5.57 Å². The molecule has 154 valence electrons. The number of aryl methyl sites for hydroxylation is 3. The summed E-state index contributed by atoms with van der Waals surface area (Å²) in [5.41, 5.74) is 4.98. The van der Waals surface area contributed by atoms with Gasteiger partial charge < -0.3 is 5.11 Å². The van der Waals surface area contributed by atoms with Crippen molar-refractivity contribution in [2.75, 3.05) is 5.75 Å². The van der Waals surface area contributed by atoms with E-state index < -0.39 is 0 Å². The predicted molar refractivity (Wildman–Crippen MR) is 119 cm³/mol. The molecular formula is C25H29FO2S. The summed E-state index contributed by atoms with van der Waals surface area (Å²) >= 11 is 1.66. The second-order valence-corrected chi connectivity index (χ2v) is 8.94. The molecule has 1 N–H and O–H groups in total. The average molecular weight is 413 g/mol. The maximum Gasteiger partial charge on any atom is 0.167 e. The molecule has 1 aliphatic rings. The first-order valence-corrected chi connectivity index (χ1v) is 11.4. The number of ketones is 1. The van der Waals surface area contributed by atoms with Crippen LogP contribution < -0.4 is 0 Å². The van der Waals surface area contributed by atoms with Gasteiger partial charge in [-0.3, -0.25) is 4.79 Å². The monoisotopic (exact) mass is 412 g/mol. The molecule has 2 aromatic carbocycles. The zero-order chi connectivity index (χ0) is 21.0. The Balaban J connectivity index is 1.75. The number of hydrogen-bond donors (Lipinski definition) is 1. The zero-order valence-corrected chi connectivity index (χ0v) is 18.2. The number of aliphatic hydroxyl groups excluding tert-OH is 1. The fraction of sp³-hybridized carbons (Fsp3) is 0.400. The lowest BCUT2D eigenvalue weighted by atomic mass is 9.79. The summed E-state index contributed by atoms with van der Waals surface area (Å²) in [5, 5.41) is 10.8. The van der Waals surface area contributed by atoms with Gasteiger partial charge in [0.25, 0.3) is 0 Å². The molecule has 29 heavy (non-hydrogen) atoms. The third-order valence-corrected chi connectivity index (χ3v) is 6.64. The summed E-state index contributed by atoms with van der Waals surface area (Å²) in [6.45, 7) is 6.27. The lowest BCUT2D eigenvalue weighted by Crippen LogP contribution is -2.21. The van der Waals surface area contributed by atoms with Gasteiger partial charge in [0.15, 0.2) is 5.78 Å². The Morgan fingerprint density at radius 2 is 1.69 bits per heavy atom. The number of allylic oxidation sites excluding steroid dienone is 2. The quantitative estimate of drug-likeness (QED) is 0.515. The van der Waals surface area contributed by atoms with E-state index in [-0.39, 0.29) is 23.3 Å². The minimum absolute atomic E-state index is 0.0544. The number of carbonyl (C=O) groups excluding carboxylic acids is 1. The first kappa shape index (κ1) is 21.6. The predicted octanol–water partition coefficient (Wildman–Crippen LogP) is 6.69. The Morgan fingerprint density at radius 1 is 1.07 bits per heavy atom. The summed E-state index contributed by atoms with van der Waals surface area (Å²) in [7, 11) is 0. The van der Waals surface area contributed by atoms with Crippen LogP contribution in [0, 0.1) is 18.7 Å². The molecule has 0 fully saturated rings. The highest BCUT2D eigenvalue weighted by atomic mass is 32.2. The average Bonchev–Trinajstić information content (AvgIpc) is 2.69. The van der Waals surface area contributed by atoms with E-state index in [1.807, 2.05) is 0 Å². The maximum atomic E-state index is 13.0. The Kier molecular flexibility index (Phi) is 7.18. The van der Waals surface area contributed by atoms with E-state index >= 15 is 0 Å². The van der Waals surface area contributed by atoms with E-state index in [1.165, 1.54) is 17.7 Å². The van der Waals surface area contributed by atoms with Crippen molar-refractivity contribution in [2.24, 2.45) is 5.92 Å². The number of rotatable bonds is 7. The molecule has 1 unspecified atom stereocenters. The van der Waals surface area contributed by atoms with Crippen LogP contribution in [-0.2, 0) is 17.6 Å². The summed E-state index contributed by atoms with van der Waals surface area (Å²) in [4.78, 5) is 14.1. The van der Waals surface area contributed by atoms with Crippen LogP contribution in [0.3, 0.4) is 0 Å². The second kappa shape index (κ2) is 9.62. The minimum Gasteiger partial charge on any atom is -0.512 e. The van der Waals surface area contributed by atoms with Crippen molar-refractivity contribution < 1.29 is 14.3 Å². The van der Waals surface area contributed by atoms with Crippen LogP contribution in [0.1, 0.15) is 55.4 Å². The smallest absolute Gasteiger partial charge is 0.167 e. The lowest BCUT2D eigenvalue weighted by molar-refractivity contribution is -0.115. The topological polar surface area (TPSA) is 37.3 Å². The largest absolute Gasteiger partial charge is 0.512 e. The molecule has 1 atom stereocenters. The molecule has 2 aromatic rings. The van der Waals surface area contributed by atoms with E-state index in [0.717, 1.165) is 46.6 Å². The number of Topliss-reactive ketones (excluding diaryl/α,β-unsaturated/α-hetero) is 1. The fourth-order valence-corrected chi connectivity index (χ4v) is 5.17. The molecule has 0 aromatic heterocycles. The van der Waals surface area contributed by atoms with Crippen molar-refractivity contribution in [1.29, 1.82) is 0 Å². The molecule has 0 aliphatic heterocycles. The van der Waals surface area contributed by atoms with Crippen molar-refractivity contribution in [3.8, 4) is 0 Å². The second-order valence-electron chi connectivity index (χ2n) is 7.78. The molecule has 1 aliphatic carbocycles. The molecule has 0 spiro atoms. The van der Waals surface area contributed by atoms with Gasteiger partial charge in [-0.05, 0) is 78.8 Å². The molecule has 0 heterocycles. The molecule has 3 rings (SSSR count). The Morgan fingerprint density at radius 3 is 2.24 bits per heavy atom. The van der Waals surface area contributed by atoms with Crippen molar-refractivity contribution in [1.82, 2.24) is 0 Å². The molecule has 0 radical (unpaired) electrons. The van der Waals surface area contributed by atoms with Gasteiger partial charge in [-0.15, -0.1) is 11.8 Å². The van der Waals surface area contributed by atoms with Crippen LogP contribution in [0.5, 0.6) is 0 Å². The zero-order valence-electron chi connectivity index (χ0n) is 17.4. The molecular weight excluding hydrogens is 383 g/mol. The fourth-order valence-electron chi connectivity index (χ4n) is 4.16. The van der Waals surface area contributed by atoms with E-state index in [2.05, 4.69) is 32.9 Å². The standard InChI is InChI=1S/C25H29FO2S/c1-4-18-12-16(3)13-19(5-2)24(18)25-22(27)14-17(15-23(25)28)10-11-29-21-8-6-20(26)7-9-21/h6-9,12-13,17,27H,4-5,10-11,14-15H2,1-3H3. The number of halogens is 1. The highest BCUT2D eigenvalue weighted by Gasteiger charge is 2.30. The highest BCUT2D eigenvalue weighted by molar-refractivity contribution is 7.99. The van der Waals surface area contributed by atoms with Crippen LogP contribution in [0.2, 0.25) is 0 Å². The maximum absolute atomic E-state index is 13.0. The SMILES string of the molecule is CCc1cc(C)cc(CC)c1C1=C(O)CC(CCSc2ccc(F)cc2)CC1=O. The van der Waals surface area contributed by atoms with Gasteiger partial charge in [-0.2, -0.15) is 0 Å². The Labute approximate surface area is 177 Å². The highest BCUT2D eigenvalue weighted by Crippen LogP contribution is 2.38. The van der Waals surface area contributed by atoms with E-state index in [1.54, 1.807) is 23.9 Å². The number of carbonyl (C=O) groups is 1. The first-order chi connectivity index (χ1) is 13.9. The van der Waals surface area contributed by atoms with E-state index in [4.69, 9.17) is 0 Å². The number of thioether (sulfide) groups is 1. The lowest BCUT2D eigenvalue weighted by Gasteiger charge is -2.26. The number of aliphatic hydroxyl groups is 1. The molecule has 0 saturated carbocycles. The molecule has 0 amide bonds.